The Bertz CT molecular complexity index is 1300. The highest BCUT2D eigenvalue weighted by molar-refractivity contribution is 7.89. The van der Waals surface area contributed by atoms with Crippen LogP contribution in [0.2, 0.25) is 10.0 Å². The Morgan fingerprint density at radius 1 is 0.857 bits per heavy atom. The van der Waals surface area contributed by atoms with E-state index in [9.17, 15) is 13.2 Å². The maximum Gasteiger partial charge on any atom is 0.246 e. The van der Waals surface area contributed by atoms with Crippen molar-refractivity contribution < 1.29 is 13.2 Å². The van der Waals surface area contributed by atoms with E-state index in [4.69, 9.17) is 23.2 Å². The van der Waals surface area contributed by atoms with E-state index in [1.54, 1.807) is 30.3 Å². The molecular weight excluding hydrogens is 505 g/mol. The summed E-state index contributed by atoms with van der Waals surface area (Å²) >= 11 is 12.2. The van der Waals surface area contributed by atoms with Gasteiger partial charge in [0.15, 0.2) is 0 Å². The van der Waals surface area contributed by atoms with Crippen LogP contribution < -0.4 is 5.32 Å². The second kappa shape index (κ2) is 10.7. The molecule has 3 aromatic rings. The smallest absolute Gasteiger partial charge is 0.246 e. The summed E-state index contributed by atoms with van der Waals surface area (Å²) in [4.78, 5) is 15.7. The molecule has 1 heterocycles. The van der Waals surface area contributed by atoms with Gasteiger partial charge < -0.3 is 5.32 Å². The molecular formula is C26H27Cl2N3O3S. The Kier molecular flexibility index (Phi) is 7.83. The minimum Gasteiger partial charge on any atom is -0.324 e. The highest BCUT2D eigenvalue weighted by atomic mass is 35.5. The van der Waals surface area contributed by atoms with E-state index in [2.05, 4.69) is 5.32 Å². The van der Waals surface area contributed by atoms with Gasteiger partial charge in [0, 0.05) is 41.9 Å². The maximum absolute atomic E-state index is 13.4. The fourth-order valence-corrected chi connectivity index (χ4v) is 6.26. The number of hydrogen-bond acceptors (Lipinski definition) is 4. The molecule has 9 heteroatoms. The summed E-state index contributed by atoms with van der Waals surface area (Å²) in [6, 6.07) is 18.9. The quantitative estimate of drug-likeness (QED) is 0.468. The summed E-state index contributed by atoms with van der Waals surface area (Å²) < 4.78 is 28.0. The number of benzene rings is 3. The molecule has 184 valence electrons. The zero-order valence-electron chi connectivity index (χ0n) is 19.5. The Hall–Kier alpha value is -2.42. The van der Waals surface area contributed by atoms with Crippen LogP contribution in [0.5, 0.6) is 0 Å². The first kappa shape index (κ1) is 25.7. The zero-order chi connectivity index (χ0) is 25.2. The molecule has 4 rings (SSSR count). The molecule has 1 aliphatic heterocycles. The number of rotatable bonds is 6. The average molecular weight is 532 g/mol. The van der Waals surface area contributed by atoms with Crippen LogP contribution in [0, 0.1) is 13.8 Å². The molecule has 1 amide bonds. The topological polar surface area (TPSA) is 69.7 Å². The van der Waals surface area contributed by atoms with Gasteiger partial charge in [0.2, 0.25) is 15.9 Å². The second-order valence-electron chi connectivity index (χ2n) is 8.65. The van der Waals surface area contributed by atoms with Crippen molar-refractivity contribution in [3.05, 3.63) is 93.5 Å². The van der Waals surface area contributed by atoms with Crippen LogP contribution in [0.3, 0.4) is 0 Å². The number of carbonyl (C=O) groups excluding carboxylic acids is 1. The molecule has 1 N–H and O–H groups in total. The SMILES string of the molecule is Cc1ccc(S(=O)(=O)N2CCN(C(C(=O)Nc3cc(Cl)cc(Cl)c3)c3ccccc3)CC2)cc1C. The van der Waals surface area contributed by atoms with Crippen LogP contribution in [0.4, 0.5) is 5.69 Å². The second-order valence-corrected chi connectivity index (χ2v) is 11.5. The lowest BCUT2D eigenvalue weighted by Gasteiger charge is -2.38. The molecule has 0 bridgehead atoms. The molecule has 1 saturated heterocycles. The van der Waals surface area contributed by atoms with Gasteiger partial charge in [-0.3, -0.25) is 9.69 Å². The molecule has 35 heavy (non-hydrogen) atoms. The lowest BCUT2D eigenvalue weighted by Crippen LogP contribution is -2.51. The summed E-state index contributed by atoms with van der Waals surface area (Å²) in [5, 5.41) is 3.77. The Balaban J connectivity index is 1.54. The number of amides is 1. The van der Waals surface area contributed by atoms with E-state index in [-0.39, 0.29) is 19.0 Å². The molecule has 0 spiro atoms. The maximum atomic E-state index is 13.4. The summed E-state index contributed by atoms with van der Waals surface area (Å²) in [6.45, 7) is 5.25. The van der Waals surface area contributed by atoms with Gasteiger partial charge in [-0.05, 0) is 60.9 Å². The Morgan fingerprint density at radius 3 is 2.09 bits per heavy atom. The normalized spacial score (nSPS) is 16.1. The number of piperazine rings is 1. The van der Waals surface area contributed by atoms with Crippen LogP contribution >= 0.6 is 23.2 Å². The fourth-order valence-electron chi connectivity index (χ4n) is 4.23. The molecule has 3 aromatic carbocycles. The predicted molar refractivity (Wildman–Crippen MR) is 141 cm³/mol. The van der Waals surface area contributed by atoms with Gasteiger partial charge >= 0.3 is 0 Å². The van der Waals surface area contributed by atoms with Crippen LogP contribution in [-0.2, 0) is 14.8 Å². The van der Waals surface area contributed by atoms with Crippen molar-refractivity contribution in [2.75, 3.05) is 31.5 Å². The van der Waals surface area contributed by atoms with Crippen molar-refractivity contribution in [1.82, 2.24) is 9.21 Å². The van der Waals surface area contributed by atoms with Crippen molar-refractivity contribution in [2.24, 2.45) is 0 Å². The van der Waals surface area contributed by atoms with E-state index in [0.29, 0.717) is 33.7 Å². The van der Waals surface area contributed by atoms with Crippen molar-refractivity contribution in [1.29, 1.82) is 0 Å². The lowest BCUT2D eigenvalue weighted by molar-refractivity contribution is -0.122. The molecule has 0 saturated carbocycles. The standard InChI is InChI=1S/C26H27Cl2N3O3S/c1-18-8-9-24(14-19(18)2)35(33,34)31-12-10-30(11-13-31)25(20-6-4-3-5-7-20)26(32)29-23-16-21(27)15-22(28)17-23/h3-9,14-17,25H,10-13H2,1-2H3,(H,29,32). The first-order valence-corrected chi connectivity index (χ1v) is 13.5. The van der Waals surface area contributed by atoms with E-state index >= 15 is 0 Å². The summed E-state index contributed by atoms with van der Waals surface area (Å²) in [5.74, 6) is -0.236. The first-order valence-electron chi connectivity index (χ1n) is 11.3. The van der Waals surface area contributed by atoms with E-state index in [0.717, 1.165) is 16.7 Å². The van der Waals surface area contributed by atoms with Gasteiger partial charge in [-0.2, -0.15) is 4.31 Å². The number of sulfonamides is 1. The molecule has 0 aromatic heterocycles. The molecule has 1 unspecified atom stereocenters. The summed E-state index contributed by atoms with van der Waals surface area (Å²) in [6.07, 6.45) is 0. The number of carbonyl (C=O) groups is 1. The van der Waals surface area contributed by atoms with Crippen molar-refractivity contribution in [3.8, 4) is 0 Å². The number of aryl methyl sites for hydroxylation is 2. The first-order chi connectivity index (χ1) is 16.6. The third-order valence-corrected chi connectivity index (χ3v) is 8.58. The Labute approximate surface area is 216 Å². The zero-order valence-corrected chi connectivity index (χ0v) is 21.9. The van der Waals surface area contributed by atoms with Crippen molar-refractivity contribution in [3.63, 3.8) is 0 Å². The molecule has 0 radical (unpaired) electrons. The van der Waals surface area contributed by atoms with E-state index in [1.807, 2.05) is 55.1 Å². The summed E-state index contributed by atoms with van der Waals surface area (Å²) in [5.41, 5.74) is 3.31. The molecule has 1 fully saturated rings. The number of nitrogens with zero attached hydrogens (tertiary/aromatic N) is 2. The van der Waals surface area contributed by atoms with Crippen LogP contribution in [-0.4, -0.2) is 49.7 Å². The molecule has 6 nitrogen and oxygen atoms in total. The van der Waals surface area contributed by atoms with Crippen molar-refractivity contribution >= 4 is 44.8 Å². The lowest BCUT2D eigenvalue weighted by atomic mass is 10.0. The van der Waals surface area contributed by atoms with Gasteiger partial charge in [0.1, 0.15) is 6.04 Å². The van der Waals surface area contributed by atoms with E-state index in [1.165, 1.54) is 4.31 Å². The van der Waals surface area contributed by atoms with Gasteiger partial charge in [0.25, 0.3) is 0 Å². The Morgan fingerprint density at radius 2 is 1.49 bits per heavy atom. The predicted octanol–water partition coefficient (Wildman–Crippen LogP) is 5.30. The van der Waals surface area contributed by atoms with Crippen LogP contribution in [0.25, 0.3) is 0 Å². The number of halogens is 2. The fraction of sp³-hybridized carbons (Fsp3) is 0.269. The minimum absolute atomic E-state index is 0.236. The van der Waals surface area contributed by atoms with Gasteiger partial charge in [-0.1, -0.05) is 59.6 Å². The van der Waals surface area contributed by atoms with E-state index < -0.39 is 16.1 Å². The third kappa shape index (κ3) is 5.88. The number of anilines is 1. The monoisotopic (exact) mass is 531 g/mol. The minimum atomic E-state index is -3.62. The molecule has 1 atom stereocenters. The van der Waals surface area contributed by atoms with Crippen LogP contribution in [0.1, 0.15) is 22.7 Å². The van der Waals surface area contributed by atoms with Crippen LogP contribution in [0.15, 0.2) is 71.6 Å². The third-order valence-electron chi connectivity index (χ3n) is 6.25. The average Bonchev–Trinajstić information content (AvgIpc) is 2.81. The number of hydrogen-bond donors (Lipinski definition) is 1. The van der Waals surface area contributed by atoms with Crippen molar-refractivity contribution in [2.45, 2.75) is 24.8 Å². The number of nitrogens with one attached hydrogen (secondary N) is 1. The van der Waals surface area contributed by atoms with Gasteiger partial charge in [0.05, 0.1) is 4.90 Å². The highest BCUT2D eigenvalue weighted by Gasteiger charge is 2.34. The molecule has 1 aliphatic rings. The highest BCUT2D eigenvalue weighted by Crippen LogP contribution is 2.28. The summed E-state index contributed by atoms with van der Waals surface area (Å²) in [7, 11) is -3.62. The largest absolute Gasteiger partial charge is 0.324 e. The van der Waals surface area contributed by atoms with Gasteiger partial charge in [-0.25, -0.2) is 8.42 Å². The van der Waals surface area contributed by atoms with Gasteiger partial charge in [-0.15, -0.1) is 0 Å². The molecule has 0 aliphatic carbocycles.